The Hall–Kier alpha value is -2.27. The van der Waals surface area contributed by atoms with Crippen LogP contribution in [0.3, 0.4) is 0 Å². The number of aliphatic hydroxyl groups is 5. The van der Waals surface area contributed by atoms with E-state index in [1.165, 1.54) is 43.7 Å². The van der Waals surface area contributed by atoms with Crippen molar-refractivity contribution in [1.29, 1.82) is 0 Å². The van der Waals surface area contributed by atoms with E-state index in [1.807, 2.05) is 13.0 Å². The monoisotopic (exact) mass is 606 g/mol. The molecule has 2 heterocycles. The zero-order valence-corrected chi connectivity index (χ0v) is 26.7. The summed E-state index contributed by atoms with van der Waals surface area (Å²) in [7, 11) is 0. The van der Waals surface area contributed by atoms with Gasteiger partial charge in [0.15, 0.2) is 0 Å². The Morgan fingerprint density at radius 2 is 1.84 bits per heavy atom. The number of aromatic hydroxyl groups is 1. The molecule has 6 N–H and O–H groups in total. The van der Waals surface area contributed by atoms with Gasteiger partial charge in [0.1, 0.15) is 29.3 Å². The van der Waals surface area contributed by atoms with E-state index in [2.05, 4.69) is 26.8 Å². The maximum atomic E-state index is 12.9. The second-order valence-corrected chi connectivity index (χ2v) is 12.8. The minimum Gasteiger partial charge on any atom is -0.507 e. The fourth-order valence-electron chi connectivity index (χ4n) is 5.56. The number of aliphatic hydroxyl groups excluding tert-OH is 5. The Balaban J connectivity index is 2.14. The van der Waals surface area contributed by atoms with Crippen LogP contribution in [0.2, 0.25) is 0 Å². The van der Waals surface area contributed by atoms with Gasteiger partial charge in [-0.2, -0.15) is 0 Å². The SMILES string of the molecule is CCCCCC[C@H](C)C/C(C)=C\[C@@H](/C=C(C)/C=C/[C@H](O)C(C)(C)c1cc(O)c([C@H]2O[C@@H](CO)C[C@@H](O)[C@@H]2O)c(=O)o1)CO. The molecule has 7 atom stereocenters. The van der Waals surface area contributed by atoms with Crippen LogP contribution in [-0.4, -0.2) is 68.3 Å². The maximum absolute atomic E-state index is 12.9. The van der Waals surface area contributed by atoms with Gasteiger partial charge in [0, 0.05) is 18.4 Å². The molecule has 0 spiro atoms. The molecule has 0 aliphatic carbocycles. The third kappa shape index (κ3) is 10.7. The molecule has 43 heavy (non-hydrogen) atoms. The van der Waals surface area contributed by atoms with Gasteiger partial charge in [0.25, 0.3) is 0 Å². The number of hydrogen-bond donors (Lipinski definition) is 6. The van der Waals surface area contributed by atoms with Crippen LogP contribution in [0.25, 0.3) is 0 Å². The minimum absolute atomic E-state index is 0.0118. The maximum Gasteiger partial charge on any atom is 0.345 e. The molecule has 1 aromatic heterocycles. The van der Waals surface area contributed by atoms with E-state index in [0.717, 1.165) is 12.0 Å². The highest BCUT2D eigenvalue weighted by atomic mass is 16.5. The van der Waals surface area contributed by atoms with Crippen molar-refractivity contribution < 1.29 is 39.8 Å². The van der Waals surface area contributed by atoms with Crippen molar-refractivity contribution in [3.05, 3.63) is 63.3 Å². The fraction of sp³-hybridized carbons (Fsp3) is 0.676. The second kappa shape index (κ2) is 17.3. The first-order valence-electron chi connectivity index (χ1n) is 15.6. The van der Waals surface area contributed by atoms with Gasteiger partial charge >= 0.3 is 5.63 Å². The Kier molecular flexibility index (Phi) is 14.8. The molecule has 1 fully saturated rings. The molecule has 0 unspecified atom stereocenters. The van der Waals surface area contributed by atoms with Gasteiger partial charge in [0.05, 0.1) is 36.9 Å². The van der Waals surface area contributed by atoms with Gasteiger partial charge in [-0.3, -0.25) is 0 Å². The van der Waals surface area contributed by atoms with Crippen molar-refractivity contribution in [2.24, 2.45) is 11.8 Å². The lowest BCUT2D eigenvalue weighted by Crippen LogP contribution is -2.46. The Bertz CT molecular complexity index is 1150. The second-order valence-electron chi connectivity index (χ2n) is 12.8. The summed E-state index contributed by atoms with van der Waals surface area (Å²) in [6.45, 7) is 11.3. The normalized spacial score (nSPS) is 24.3. The Morgan fingerprint density at radius 1 is 1.14 bits per heavy atom. The number of hydrogen-bond acceptors (Lipinski definition) is 9. The lowest BCUT2D eigenvalue weighted by molar-refractivity contribution is -0.180. The van der Waals surface area contributed by atoms with E-state index in [9.17, 15) is 35.4 Å². The predicted molar refractivity (Wildman–Crippen MR) is 167 cm³/mol. The van der Waals surface area contributed by atoms with E-state index in [4.69, 9.17) is 9.15 Å². The van der Waals surface area contributed by atoms with Crippen LogP contribution in [0.1, 0.15) is 104 Å². The van der Waals surface area contributed by atoms with Gasteiger partial charge in [-0.05, 0) is 40.0 Å². The van der Waals surface area contributed by atoms with Crippen LogP contribution in [0.15, 0.2) is 50.7 Å². The highest BCUT2D eigenvalue weighted by Gasteiger charge is 2.41. The molecular weight excluding hydrogens is 552 g/mol. The zero-order valence-electron chi connectivity index (χ0n) is 26.7. The molecule has 9 heteroatoms. The third-order valence-electron chi connectivity index (χ3n) is 8.33. The molecule has 244 valence electrons. The summed E-state index contributed by atoms with van der Waals surface area (Å²) in [6.07, 6.45) is 8.44. The van der Waals surface area contributed by atoms with Crippen LogP contribution in [0, 0.1) is 11.8 Å². The van der Waals surface area contributed by atoms with Crippen LogP contribution in [0.5, 0.6) is 5.75 Å². The molecule has 9 nitrogen and oxygen atoms in total. The quantitative estimate of drug-likeness (QED) is 0.0899. The zero-order chi connectivity index (χ0) is 32.3. The molecular formula is C34H54O9. The minimum atomic E-state index is -1.50. The smallest absolute Gasteiger partial charge is 0.345 e. The fourth-order valence-corrected chi connectivity index (χ4v) is 5.56. The van der Waals surface area contributed by atoms with Crippen molar-refractivity contribution in [2.75, 3.05) is 13.2 Å². The lowest BCUT2D eigenvalue weighted by Gasteiger charge is -2.36. The van der Waals surface area contributed by atoms with Crippen molar-refractivity contribution in [3.63, 3.8) is 0 Å². The van der Waals surface area contributed by atoms with Gasteiger partial charge in [0.2, 0.25) is 0 Å². The summed E-state index contributed by atoms with van der Waals surface area (Å²) in [5, 5.41) is 61.7. The molecule has 1 saturated heterocycles. The number of ether oxygens (including phenoxy) is 1. The first-order chi connectivity index (χ1) is 20.2. The average Bonchev–Trinajstić information content (AvgIpc) is 2.95. The molecule has 0 amide bonds. The van der Waals surface area contributed by atoms with Crippen LogP contribution in [-0.2, 0) is 10.2 Å². The van der Waals surface area contributed by atoms with E-state index in [-0.39, 0.29) is 30.3 Å². The van der Waals surface area contributed by atoms with E-state index in [1.54, 1.807) is 26.0 Å². The highest BCUT2D eigenvalue weighted by molar-refractivity contribution is 5.36. The first kappa shape index (κ1) is 36.9. The van der Waals surface area contributed by atoms with Gasteiger partial charge in [-0.25, -0.2) is 4.79 Å². The van der Waals surface area contributed by atoms with Gasteiger partial charge in [-0.1, -0.05) is 81.4 Å². The summed E-state index contributed by atoms with van der Waals surface area (Å²) >= 11 is 0. The highest BCUT2D eigenvalue weighted by Crippen LogP contribution is 2.37. The number of unbranched alkanes of at least 4 members (excludes halogenated alkanes) is 3. The van der Waals surface area contributed by atoms with Crippen molar-refractivity contribution in [3.8, 4) is 5.75 Å². The molecule has 2 rings (SSSR count). The molecule has 0 bridgehead atoms. The molecule has 1 aliphatic rings. The van der Waals surface area contributed by atoms with Crippen LogP contribution < -0.4 is 5.63 Å². The van der Waals surface area contributed by atoms with Gasteiger partial charge in [-0.15, -0.1) is 0 Å². The van der Waals surface area contributed by atoms with Crippen LogP contribution >= 0.6 is 0 Å². The van der Waals surface area contributed by atoms with Crippen molar-refractivity contribution >= 4 is 0 Å². The molecule has 0 radical (unpaired) electrons. The Labute approximate surface area is 256 Å². The van der Waals surface area contributed by atoms with Crippen LogP contribution in [0.4, 0.5) is 0 Å². The lowest BCUT2D eigenvalue weighted by atomic mass is 9.82. The van der Waals surface area contributed by atoms with Crippen molar-refractivity contribution in [2.45, 2.75) is 122 Å². The largest absolute Gasteiger partial charge is 0.507 e. The Morgan fingerprint density at radius 3 is 2.44 bits per heavy atom. The number of rotatable bonds is 16. The number of allylic oxidation sites excluding steroid dienone is 3. The summed E-state index contributed by atoms with van der Waals surface area (Å²) in [6, 6.07) is 1.20. The van der Waals surface area contributed by atoms with Gasteiger partial charge < -0.3 is 39.8 Å². The molecule has 1 aliphatic heterocycles. The summed E-state index contributed by atoms with van der Waals surface area (Å²) < 4.78 is 11.0. The topological polar surface area (TPSA) is 161 Å². The predicted octanol–water partition coefficient (Wildman–Crippen LogP) is 4.58. The molecule has 0 aromatic carbocycles. The third-order valence-corrected chi connectivity index (χ3v) is 8.33. The van der Waals surface area contributed by atoms with E-state index in [0.29, 0.717) is 5.92 Å². The van der Waals surface area contributed by atoms with E-state index >= 15 is 0 Å². The van der Waals surface area contributed by atoms with E-state index < -0.39 is 53.9 Å². The standard InChI is InChI=1S/C34H54O9/c1-7-8-9-10-11-21(2)14-23(4)16-24(19-35)15-22(3)12-13-28(39)34(5,6)29-18-26(37)30(33(41)43-29)32-31(40)27(38)17-25(20-36)42-32/h12-13,15-16,18,21,24-25,27-28,31-32,35-40H,7-11,14,17,19-20H2,1-6H3/b13-12+,22-15+,23-16-/t21-,24+,25+,27+,28-,31-,32+/m0/s1. The molecule has 1 aromatic rings. The summed E-state index contributed by atoms with van der Waals surface area (Å²) in [4.78, 5) is 12.9. The van der Waals surface area contributed by atoms with Crippen molar-refractivity contribution in [1.82, 2.24) is 0 Å². The summed E-state index contributed by atoms with van der Waals surface area (Å²) in [5.41, 5.74) is -0.399. The summed E-state index contributed by atoms with van der Waals surface area (Å²) in [5.74, 6) is -0.0686. The average molecular weight is 607 g/mol. The molecule has 0 saturated carbocycles. The first-order valence-corrected chi connectivity index (χ1v) is 15.6.